The normalized spacial score (nSPS) is 33.1. The van der Waals surface area contributed by atoms with Crippen LogP contribution in [0.15, 0.2) is 137 Å². The van der Waals surface area contributed by atoms with Crippen molar-refractivity contribution in [3.05, 3.63) is 155 Å². The minimum atomic E-state index is -0.0697. The summed E-state index contributed by atoms with van der Waals surface area (Å²) in [5.74, 6) is 6.13. The average molecular weight is 891 g/mol. The lowest BCUT2D eigenvalue weighted by atomic mass is 9.40. The summed E-state index contributed by atoms with van der Waals surface area (Å²) in [6, 6.07) is 28.9. The van der Waals surface area contributed by atoms with E-state index in [0.29, 0.717) is 52.8 Å². The Morgan fingerprint density at radius 3 is 2.25 bits per heavy atom. The van der Waals surface area contributed by atoms with Gasteiger partial charge in [0.05, 0.1) is 18.6 Å². The zero-order valence-electron chi connectivity index (χ0n) is 42.6. The van der Waals surface area contributed by atoms with Crippen LogP contribution >= 0.6 is 0 Å². The Labute approximate surface area is 405 Å². The van der Waals surface area contributed by atoms with Crippen molar-refractivity contribution in [3.8, 4) is 5.75 Å². The lowest BCUT2D eigenvalue weighted by Gasteiger charge is -2.49. The Morgan fingerprint density at radius 2 is 1.52 bits per heavy atom. The Kier molecular flexibility index (Phi) is 10.8. The molecule has 11 rings (SSSR count). The fourth-order valence-corrected chi connectivity index (χ4v) is 14.5. The highest BCUT2D eigenvalue weighted by Gasteiger charge is 2.79. The van der Waals surface area contributed by atoms with Crippen LogP contribution in [-0.2, 0) is 16.2 Å². The number of allylic oxidation sites excluding steroid dienone is 5. The van der Waals surface area contributed by atoms with E-state index >= 15 is 0 Å². The molecule has 5 fully saturated rings. The molecule has 3 saturated heterocycles. The van der Waals surface area contributed by atoms with E-state index < -0.39 is 0 Å². The maximum Gasteiger partial charge on any atom is 0.129 e. The van der Waals surface area contributed by atoms with Crippen molar-refractivity contribution in [3.63, 3.8) is 0 Å². The molecule has 4 aliphatic carbocycles. The van der Waals surface area contributed by atoms with Crippen molar-refractivity contribution in [1.82, 2.24) is 4.90 Å². The Hall–Kier alpha value is -4.51. The number of piperidine rings is 1. The molecule has 1 spiro atoms. The monoisotopic (exact) mass is 891 g/mol. The van der Waals surface area contributed by atoms with Gasteiger partial charge in [0.15, 0.2) is 0 Å². The van der Waals surface area contributed by atoms with E-state index in [1.54, 1.807) is 0 Å². The van der Waals surface area contributed by atoms with Crippen molar-refractivity contribution >= 4 is 19.2 Å². The number of rotatable bonds is 7. The molecule has 3 aromatic carbocycles. The number of ether oxygens (including phenoxy) is 1. The summed E-state index contributed by atoms with van der Waals surface area (Å²) in [5, 5.41) is 0. The number of nitrogens with zero attached hydrogens (tertiary/aromatic N) is 3. The molecule has 4 nitrogen and oxygen atoms in total. The smallest absolute Gasteiger partial charge is 0.129 e. The van der Waals surface area contributed by atoms with Crippen LogP contribution in [0.3, 0.4) is 0 Å². The van der Waals surface area contributed by atoms with Gasteiger partial charge in [0.25, 0.3) is 0 Å². The molecule has 11 atom stereocenters. The SMILES string of the molecule is CC(C)(C)c1cc(C2[B]C3C4C5C=CC=CC5N(c5cccc(OC6=CCC7C(=C6)N(C6C=NCC=C(C(C)(C)c8ccccc8)C6)C6CCC(C(C)(C)C)CC76)c5)CC234)cc(C(C)(C)C)c1. The predicted octanol–water partition coefficient (Wildman–Crippen LogP) is 14.1. The largest absolute Gasteiger partial charge is 0.458 e. The lowest BCUT2D eigenvalue weighted by Crippen LogP contribution is -2.52. The quantitative estimate of drug-likeness (QED) is 0.175. The fraction of sp³-hybridized carbons (Fsp3) is 0.532. The van der Waals surface area contributed by atoms with E-state index in [1.807, 2.05) is 0 Å². The van der Waals surface area contributed by atoms with E-state index in [9.17, 15) is 0 Å². The number of aliphatic imine (C=N–C) groups is 1. The van der Waals surface area contributed by atoms with Crippen molar-refractivity contribution < 1.29 is 4.74 Å². The summed E-state index contributed by atoms with van der Waals surface area (Å²) in [6.07, 6.45) is 25.1. The minimum Gasteiger partial charge on any atom is -0.458 e. The first-order chi connectivity index (χ1) is 31.8. The highest BCUT2D eigenvalue weighted by molar-refractivity contribution is 6.48. The lowest BCUT2D eigenvalue weighted by molar-refractivity contribution is 0.0841. The summed E-state index contributed by atoms with van der Waals surface area (Å²) >= 11 is 0. The third kappa shape index (κ3) is 7.67. The average Bonchev–Trinajstić information content (AvgIpc) is 3.79. The number of hydrogen-bond acceptors (Lipinski definition) is 4. The first-order valence-electron chi connectivity index (χ1n) is 26.2. The van der Waals surface area contributed by atoms with E-state index in [-0.39, 0.29) is 27.7 Å². The van der Waals surface area contributed by atoms with E-state index in [2.05, 4.69) is 215 Å². The Balaban J connectivity index is 0.888. The first kappa shape index (κ1) is 45.0. The standard InChI is InChI=1S/C62H77BN3O/c1-58(2,3)41-24-27-53-51(34-41)49-26-25-48(36-54(49)66(53)46-33-42(28-29-64-37-46)61(10,11)40-18-13-12-14-19-40)67-47-21-17-20-45(35-47)65-38-62-55(50-22-15-16-23-52(50)65)57(62)63-56(62)39-30-43(59(4,5)6)32-44(31-39)60(7,8)9/h12-23,25,28,30-32,35-37,41,46,49-53,55-57H,24,26-27,29,33-34,38H2,1-11H3. The molecule has 3 aromatic rings. The first-order valence-corrected chi connectivity index (χ1v) is 26.2. The number of anilines is 1. The minimum absolute atomic E-state index is 0.0697. The fourth-order valence-electron chi connectivity index (χ4n) is 14.5. The third-order valence-electron chi connectivity index (χ3n) is 18.6. The second-order valence-electron chi connectivity index (χ2n) is 25.8. The van der Waals surface area contributed by atoms with Crippen molar-refractivity contribution in [2.45, 2.75) is 154 Å². The van der Waals surface area contributed by atoms with E-state index in [4.69, 9.17) is 9.73 Å². The molecule has 2 saturated carbocycles. The van der Waals surface area contributed by atoms with Gasteiger partial charge in [-0.3, -0.25) is 4.99 Å². The molecule has 0 amide bonds. The van der Waals surface area contributed by atoms with Gasteiger partial charge in [-0.25, -0.2) is 0 Å². The molecule has 5 heteroatoms. The summed E-state index contributed by atoms with van der Waals surface area (Å²) in [4.78, 5) is 10.7. The maximum absolute atomic E-state index is 7.08. The highest BCUT2D eigenvalue weighted by Crippen LogP contribution is 2.83. The molecule has 0 bridgehead atoms. The molecule has 8 aliphatic rings. The van der Waals surface area contributed by atoms with E-state index in [0.717, 1.165) is 43.4 Å². The van der Waals surface area contributed by atoms with Gasteiger partial charge in [0.2, 0.25) is 0 Å². The van der Waals surface area contributed by atoms with Crippen LogP contribution in [0.25, 0.3) is 0 Å². The number of benzene rings is 3. The second-order valence-corrected chi connectivity index (χ2v) is 25.8. The van der Waals surface area contributed by atoms with E-state index in [1.165, 1.54) is 58.5 Å². The van der Waals surface area contributed by atoms with Gasteiger partial charge in [0.1, 0.15) is 18.8 Å². The number of likely N-dealkylation sites (tertiary alicyclic amines) is 1. The Bertz CT molecular complexity index is 2560. The van der Waals surface area contributed by atoms with Crippen molar-refractivity contribution in [1.29, 1.82) is 0 Å². The van der Waals surface area contributed by atoms with Crippen LogP contribution in [0, 0.1) is 40.4 Å². The predicted molar refractivity (Wildman–Crippen MR) is 281 cm³/mol. The maximum atomic E-state index is 7.08. The number of hydrogen-bond donors (Lipinski definition) is 0. The molecule has 0 N–H and O–H groups in total. The van der Waals surface area contributed by atoms with Gasteiger partial charge in [0, 0.05) is 53.5 Å². The summed E-state index contributed by atoms with van der Waals surface area (Å²) in [7, 11) is 2.73. The second kappa shape index (κ2) is 16.0. The van der Waals surface area contributed by atoms with Crippen molar-refractivity contribution in [2.24, 2.45) is 45.4 Å². The van der Waals surface area contributed by atoms with Crippen LogP contribution < -0.4 is 9.64 Å². The van der Waals surface area contributed by atoms with Gasteiger partial charge >= 0.3 is 0 Å². The Morgan fingerprint density at radius 1 is 0.776 bits per heavy atom. The topological polar surface area (TPSA) is 28.1 Å². The zero-order chi connectivity index (χ0) is 46.8. The molecule has 0 aromatic heterocycles. The molecule has 4 aliphatic heterocycles. The van der Waals surface area contributed by atoms with Gasteiger partial charge in [-0.2, -0.15) is 0 Å². The number of fused-ring (bicyclic) bond motifs is 6. The van der Waals surface area contributed by atoms with Crippen LogP contribution in [0.4, 0.5) is 5.69 Å². The van der Waals surface area contributed by atoms with Gasteiger partial charge in [-0.1, -0.05) is 178 Å². The molecular formula is C62H77BN3O. The molecule has 4 heterocycles. The molecule has 67 heavy (non-hydrogen) atoms. The van der Waals surface area contributed by atoms with Crippen LogP contribution in [0.5, 0.6) is 5.75 Å². The summed E-state index contributed by atoms with van der Waals surface area (Å²) < 4.78 is 7.08. The van der Waals surface area contributed by atoms with Crippen LogP contribution in [0.1, 0.15) is 136 Å². The van der Waals surface area contributed by atoms with Crippen molar-refractivity contribution in [2.75, 3.05) is 18.0 Å². The summed E-state index contributed by atoms with van der Waals surface area (Å²) in [6.45, 7) is 28.3. The molecular weight excluding hydrogens is 814 g/mol. The van der Waals surface area contributed by atoms with Gasteiger partial charge in [-0.05, 0) is 118 Å². The zero-order valence-corrected chi connectivity index (χ0v) is 42.6. The van der Waals surface area contributed by atoms with Crippen LogP contribution in [0.2, 0.25) is 5.82 Å². The molecule has 349 valence electrons. The molecule has 11 unspecified atom stereocenters. The molecule has 1 radical (unpaired) electrons. The third-order valence-corrected chi connectivity index (χ3v) is 18.6. The van der Waals surface area contributed by atoms with Crippen LogP contribution in [-0.4, -0.2) is 49.6 Å². The highest BCUT2D eigenvalue weighted by atomic mass is 16.5. The van der Waals surface area contributed by atoms with Gasteiger partial charge in [-0.15, -0.1) is 0 Å². The summed E-state index contributed by atoms with van der Waals surface area (Å²) in [5.41, 5.74) is 10.8. The van der Waals surface area contributed by atoms with Gasteiger partial charge < -0.3 is 14.5 Å².